The molecule has 0 aromatic rings. The van der Waals surface area contributed by atoms with Crippen LogP contribution in [0.3, 0.4) is 0 Å². The molecule has 2 fully saturated rings. The van der Waals surface area contributed by atoms with Gasteiger partial charge >= 0.3 is 46.5 Å². The molecule has 0 spiro atoms. The van der Waals surface area contributed by atoms with Crippen LogP contribution in [0.1, 0.15) is 104 Å². The number of hydrogen-bond acceptors (Lipinski definition) is 1. The van der Waals surface area contributed by atoms with Crippen LogP contribution in [-0.4, -0.2) is 17.9 Å². The Labute approximate surface area is 236 Å². The predicted molar refractivity (Wildman–Crippen MR) is 144 cm³/mol. The van der Waals surface area contributed by atoms with Crippen molar-refractivity contribution in [1.29, 1.82) is 0 Å². The molecular weight excluding hydrogens is 602 g/mol. The van der Waals surface area contributed by atoms with Crippen LogP contribution in [0.5, 0.6) is 0 Å². The number of halogens is 1. The van der Waals surface area contributed by atoms with Gasteiger partial charge < -0.3 is 10.3 Å². The first-order valence-electron chi connectivity index (χ1n) is 13.0. The molecule has 2 rings (SSSR count). The Kier molecular flexibility index (Phi) is 22.4. The Morgan fingerprint density at radius 2 is 0.758 bits per heavy atom. The minimum absolute atomic E-state index is 0. The molecule has 200 valence electrons. The molecule has 0 aliphatic heterocycles. The Bertz CT molecular complexity index is 392. The zero-order valence-electron chi connectivity index (χ0n) is 24.4. The maximum atomic E-state index is 4.57. The molecule has 0 heterocycles. The molecule has 0 aromatic carbocycles. The third-order valence-electron chi connectivity index (χ3n) is 9.18. The normalized spacial score (nSPS) is 37.7. The topological polar surface area (TPSA) is 26.5 Å². The van der Waals surface area contributed by atoms with Crippen LogP contribution in [0, 0.1) is 59.2 Å². The van der Waals surface area contributed by atoms with E-state index in [1.807, 2.05) is 24.2 Å². The molecule has 0 bridgehead atoms. The van der Waals surface area contributed by atoms with Gasteiger partial charge in [0.15, 0.2) is 0 Å². The number of amidine groups is 1. The van der Waals surface area contributed by atoms with Crippen molar-refractivity contribution in [2.75, 3.05) is 0 Å². The molecule has 2 nitrogen and oxygen atoms in total. The summed E-state index contributed by atoms with van der Waals surface area (Å²) in [6.45, 7) is 34.1. The standard InChI is InChI=1S/2C10H20.C8H17N2.ClH.2Ru/c2*1-6-7(2)9(4)10(5)8(6)3;1-6(2)9-8(5)10-7(3)4;;;/h2*6-10H,1-5H3;6-7H,1-5H3;1H;;/q;;-1;;2*+2/p-1. The van der Waals surface area contributed by atoms with Crippen molar-refractivity contribution in [3.63, 3.8) is 0 Å². The van der Waals surface area contributed by atoms with Gasteiger partial charge in [0.05, 0.1) is 0 Å². The van der Waals surface area contributed by atoms with E-state index in [0.717, 1.165) is 65.0 Å². The number of hydrogen-bond donors (Lipinski definition) is 0. The summed E-state index contributed by atoms with van der Waals surface area (Å²) in [5.74, 6) is 10.3. The van der Waals surface area contributed by atoms with Crippen LogP contribution in [-0.2, 0) is 36.8 Å². The summed E-state index contributed by atoms with van der Waals surface area (Å²) in [5.41, 5.74) is 0. The monoisotopic (exact) mass is 660 g/mol. The van der Waals surface area contributed by atoms with Crippen molar-refractivity contribution in [2.24, 2.45) is 64.2 Å². The summed E-state index contributed by atoms with van der Waals surface area (Å²) in [6.07, 6.45) is 0. The number of nitrogens with zero attached hydrogens (tertiary/aromatic N) is 2. The van der Waals surface area contributed by atoms with Gasteiger partial charge in [-0.3, -0.25) is 0 Å². The molecule has 2 aliphatic rings. The number of aliphatic imine (C=N–C) groups is 1. The van der Waals surface area contributed by atoms with Gasteiger partial charge in [0.1, 0.15) is 0 Å². The van der Waals surface area contributed by atoms with Gasteiger partial charge in [0, 0.05) is 0 Å². The smallest absolute Gasteiger partial charge is 2.00 e. The van der Waals surface area contributed by atoms with E-state index in [1.54, 1.807) is 0 Å². The molecule has 2 saturated carbocycles. The van der Waals surface area contributed by atoms with Crippen LogP contribution in [0.4, 0.5) is 0 Å². The first-order chi connectivity index (χ1) is 14.6. The summed E-state index contributed by atoms with van der Waals surface area (Å²) < 4.78 is 0. The molecule has 33 heavy (non-hydrogen) atoms. The van der Waals surface area contributed by atoms with E-state index in [9.17, 15) is 0 Å². The summed E-state index contributed by atoms with van der Waals surface area (Å²) in [4.78, 5) is 4.27. The van der Waals surface area contributed by atoms with Gasteiger partial charge in [-0.1, -0.05) is 103 Å². The maximum Gasteiger partial charge on any atom is 2.00 e. The fourth-order valence-electron chi connectivity index (χ4n) is 5.57. The van der Waals surface area contributed by atoms with Crippen molar-refractivity contribution < 1.29 is 36.8 Å². The van der Waals surface area contributed by atoms with Crippen molar-refractivity contribution in [3.8, 4) is 0 Å². The summed E-state index contributed by atoms with van der Waals surface area (Å²) in [7, 11) is 4.57. The minimum atomic E-state index is 0. The van der Waals surface area contributed by atoms with E-state index >= 15 is 0 Å². The molecular formula is C28H57ClN2Ru2+2. The van der Waals surface area contributed by atoms with Crippen molar-refractivity contribution in [1.82, 2.24) is 0 Å². The summed E-state index contributed by atoms with van der Waals surface area (Å²) >= 11 is 1.82. The average Bonchev–Trinajstić information content (AvgIpc) is 2.99. The van der Waals surface area contributed by atoms with Crippen molar-refractivity contribution in [3.05, 3.63) is 5.32 Å². The van der Waals surface area contributed by atoms with Crippen molar-refractivity contribution in [2.45, 2.75) is 116 Å². The molecule has 0 aromatic heterocycles. The predicted octanol–water partition coefficient (Wildman–Crippen LogP) is 9.64. The fraction of sp³-hybridized carbons (Fsp3) is 0.964. The second-order valence-electron chi connectivity index (χ2n) is 11.6. The third kappa shape index (κ3) is 13.2. The second-order valence-corrected chi connectivity index (χ2v) is 11.6. The summed E-state index contributed by atoms with van der Waals surface area (Å²) in [5, 5.41) is 4.27. The maximum absolute atomic E-state index is 4.57. The van der Waals surface area contributed by atoms with E-state index in [-0.39, 0.29) is 19.5 Å². The van der Waals surface area contributed by atoms with Crippen LogP contribution < -0.4 is 0 Å². The Hall–Kier alpha value is 1.01. The molecule has 0 unspecified atom stereocenters. The SMILES string of the molecule is CC(=NC(C)C)[N-]C(C)C.CC1C(C)C(C)C(C)C1C.CC1C(C)C(C)C(C)C1C.[Cl][Ru+].[Ru+2]. The molecule has 0 amide bonds. The van der Waals surface area contributed by atoms with Gasteiger partial charge in [-0.15, -0.1) is 0 Å². The van der Waals surface area contributed by atoms with Crippen LogP contribution >= 0.6 is 9.69 Å². The van der Waals surface area contributed by atoms with E-state index in [1.165, 1.54) is 0 Å². The quantitative estimate of drug-likeness (QED) is 0.160. The molecule has 0 atom stereocenters. The van der Waals surface area contributed by atoms with Crippen LogP contribution in [0.15, 0.2) is 4.99 Å². The molecule has 0 N–H and O–H groups in total. The first kappa shape index (κ1) is 38.5. The van der Waals surface area contributed by atoms with Crippen LogP contribution in [0.2, 0.25) is 0 Å². The zero-order chi connectivity index (χ0) is 25.9. The largest absolute Gasteiger partial charge is 2.00 e. The van der Waals surface area contributed by atoms with Gasteiger partial charge in [0.2, 0.25) is 0 Å². The Morgan fingerprint density at radius 1 is 0.576 bits per heavy atom. The molecule has 0 saturated heterocycles. The average molecular weight is 659 g/mol. The fourth-order valence-corrected chi connectivity index (χ4v) is 5.57. The molecule has 5 heteroatoms. The van der Waals surface area contributed by atoms with Gasteiger partial charge in [0.25, 0.3) is 0 Å². The zero-order valence-corrected chi connectivity index (χ0v) is 28.6. The van der Waals surface area contributed by atoms with E-state index in [0.29, 0.717) is 12.1 Å². The van der Waals surface area contributed by atoms with Gasteiger partial charge in [-0.05, 0) is 78.2 Å². The van der Waals surface area contributed by atoms with Gasteiger partial charge in [-0.2, -0.15) is 0 Å². The van der Waals surface area contributed by atoms with Crippen LogP contribution in [0.25, 0.3) is 5.32 Å². The summed E-state index contributed by atoms with van der Waals surface area (Å²) in [6, 6.07) is 0.727. The third-order valence-corrected chi connectivity index (χ3v) is 9.18. The van der Waals surface area contributed by atoms with Gasteiger partial charge in [-0.25, -0.2) is 0 Å². The van der Waals surface area contributed by atoms with E-state index < -0.39 is 0 Å². The Morgan fingerprint density at radius 3 is 0.879 bits per heavy atom. The van der Waals surface area contributed by atoms with Crippen molar-refractivity contribution >= 4 is 15.5 Å². The first-order valence-corrected chi connectivity index (χ1v) is 15.3. The second kappa shape index (κ2) is 19.2. The molecule has 2 aliphatic carbocycles. The number of rotatable bonds is 2. The minimum Gasteiger partial charge on any atom is 2.00 e. The van der Waals surface area contributed by atoms with E-state index in [2.05, 4.69) is 117 Å². The van der Waals surface area contributed by atoms with E-state index in [4.69, 9.17) is 0 Å². The molecule has 0 radical (unpaired) electrons. The Balaban J connectivity index is -0.000000388.